The first kappa shape index (κ1) is 18.9. The number of aromatic nitrogens is 4. The van der Waals surface area contributed by atoms with Gasteiger partial charge in [0.2, 0.25) is 5.13 Å². The van der Waals surface area contributed by atoms with Crippen LogP contribution >= 0.6 is 34.4 Å². The number of ketones is 1. The summed E-state index contributed by atoms with van der Waals surface area (Å²) in [6, 6.07) is 9.78. The Hall–Kier alpha value is -1.84. The van der Waals surface area contributed by atoms with E-state index in [2.05, 4.69) is 20.4 Å². The Kier molecular flexibility index (Phi) is 7.10. The second kappa shape index (κ2) is 9.75. The molecule has 0 unspecified atom stereocenters. The smallest absolute Gasteiger partial charge is 0.203 e. The summed E-state index contributed by atoms with van der Waals surface area (Å²) < 4.78 is 0. The third-order valence-electron chi connectivity index (χ3n) is 3.50. The Morgan fingerprint density at radius 2 is 1.54 bits per heavy atom. The molecule has 0 saturated heterocycles. The summed E-state index contributed by atoms with van der Waals surface area (Å²) in [5.74, 6) is 2.13. The van der Waals surface area contributed by atoms with Crippen molar-refractivity contribution in [2.24, 2.45) is 0 Å². The van der Waals surface area contributed by atoms with Crippen LogP contribution in [-0.2, 0) is 30.5 Å². The van der Waals surface area contributed by atoms with E-state index in [1.54, 1.807) is 0 Å². The molecular formula is C17H19N5OS3. The van der Waals surface area contributed by atoms with Crippen molar-refractivity contribution in [2.45, 2.75) is 25.7 Å². The van der Waals surface area contributed by atoms with E-state index in [-0.39, 0.29) is 5.78 Å². The van der Waals surface area contributed by atoms with Crippen LogP contribution in [0.5, 0.6) is 0 Å². The lowest BCUT2D eigenvalue weighted by atomic mass is 10.1. The standard InChI is InChI=1S/C17H19N5OS3/c18-17-22-20-15(26-17)7-9-24-8-6-14-19-21-16(25-14)11-13(23)10-12-4-2-1-3-5-12/h1-5H,6-11H2,(H2,18,22). The summed E-state index contributed by atoms with van der Waals surface area (Å²) in [5, 5.41) is 19.5. The summed E-state index contributed by atoms with van der Waals surface area (Å²) in [7, 11) is 0. The molecular weight excluding hydrogens is 386 g/mol. The zero-order valence-electron chi connectivity index (χ0n) is 14.1. The number of anilines is 1. The van der Waals surface area contributed by atoms with E-state index in [0.29, 0.717) is 18.0 Å². The van der Waals surface area contributed by atoms with E-state index in [1.807, 2.05) is 42.1 Å². The zero-order chi connectivity index (χ0) is 18.2. The Morgan fingerprint density at radius 1 is 0.885 bits per heavy atom. The first-order valence-electron chi connectivity index (χ1n) is 8.21. The average molecular weight is 406 g/mol. The number of aryl methyl sites for hydroxylation is 2. The topological polar surface area (TPSA) is 94.7 Å². The number of nitrogens with zero attached hydrogens (tertiary/aromatic N) is 4. The van der Waals surface area contributed by atoms with Crippen LogP contribution < -0.4 is 5.73 Å². The molecule has 26 heavy (non-hydrogen) atoms. The summed E-state index contributed by atoms with van der Waals surface area (Å²) in [6.07, 6.45) is 2.56. The fraction of sp³-hybridized carbons (Fsp3) is 0.353. The van der Waals surface area contributed by atoms with Gasteiger partial charge in [0.1, 0.15) is 20.8 Å². The second-order valence-electron chi connectivity index (χ2n) is 5.61. The van der Waals surface area contributed by atoms with Crippen LogP contribution in [0.4, 0.5) is 5.13 Å². The van der Waals surface area contributed by atoms with Crippen molar-refractivity contribution in [3.63, 3.8) is 0 Å². The minimum Gasteiger partial charge on any atom is -0.374 e. The minimum absolute atomic E-state index is 0.171. The molecule has 2 N–H and O–H groups in total. The number of rotatable bonds is 10. The number of hydrogen-bond donors (Lipinski definition) is 1. The van der Waals surface area contributed by atoms with Gasteiger partial charge in [0.25, 0.3) is 0 Å². The molecule has 2 heterocycles. The van der Waals surface area contributed by atoms with Crippen molar-refractivity contribution in [1.29, 1.82) is 0 Å². The molecule has 0 spiro atoms. The molecule has 0 atom stereocenters. The number of hydrogen-bond acceptors (Lipinski definition) is 9. The monoisotopic (exact) mass is 405 g/mol. The number of Topliss-reactive ketones (excluding diaryl/α,β-unsaturated/α-hetero) is 1. The minimum atomic E-state index is 0.171. The largest absolute Gasteiger partial charge is 0.374 e. The van der Waals surface area contributed by atoms with Gasteiger partial charge in [-0.1, -0.05) is 41.7 Å². The Bertz CT molecular complexity index is 834. The second-order valence-corrected chi connectivity index (χ2v) is 9.08. The third kappa shape index (κ3) is 6.15. The number of benzene rings is 1. The van der Waals surface area contributed by atoms with Crippen molar-refractivity contribution in [1.82, 2.24) is 20.4 Å². The number of carbonyl (C=O) groups excluding carboxylic acids is 1. The van der Waals surface area contributed by atoms with Gasteiger partial charge in [-0.25, -0.2) is 0 Å². The van der Waals surface area contributed by atoms with E-state index < -0.39 is 0 Å². The van der Waals surface area contributed by atoms with Gasteiger partial charge in [-0.3, -0.25) is 4.79 Å². The van der Waals surface area contributed by atoms with Crippen molar-refractivity contribution in [3.05, 3.63) is 50.9 Å². The van der Waals surface area contributed by atoms with Crippen LogP contribution in [0.2, 0.25) is 0 Å². The van der Waals surface area contributed by atoms with Crippen LogP contribution in [0.1, 0.15) is 20.6 Å². The van der Waals surface area contributed by atoms with E-state index in [0.717, 1.165) is 44.9 Å². The van der Waals surface area contributed by atoms with Gasteiger partial charge >= 0.3 is 0 Å². The van der Waals surface area contributed by atoms with Crippen molar-refractivity contribution in [3.8, 4) is 0 Å². The first-order valence-corrected chi connectivity index (χ1v) is 11.0. The van der Waals surface area contributed by atoms with Crippen LogP contribution in [0.25, 0.3) is 0 Å². The molecule has 6 nitrogen and oxygen atoms in total. The van der Waals surface area contributed by atoms with Crippen molar-refractivity contribution < 1.29 is 4.79 Å². The van der Waals surface area contributed by atoms with Gasteiger partial charge in [-0.05, 0) is 17.1 Å². The molecule has 0 aliphatic rings. The maximum Gasteiger partial charge on any atom is 0.203 e. The molecule has 3 aromatic rings. The van der Waals surface area contributed by atoms with Crippen LogP contribution in [-0.4, -0.2) is 37.7 Å². The van der Waals surface area contributed by atoms with E-state index in [1.165, 1.54) is 22.7 Å². The maximum absolute atomic E-state index is 12.1. The number of carbonyl (C=O) groups is 1. The molecule has 0 saturated carbocycles. The Labute approximate surface area is 164 Å². The highest BCUT2D eigenvalue weighted by molar-refractivity contribution is 7.99. The molecule has 0 amide bonds. The lowest BCUT2D eigenvalue weighted by Crippen LogP contribution is -2.06. The molecule has 136 valence electrons. The molecule has 0 fully saturated rings. The van der Waals surface area contributed by atoms with Gasteiger partial charge in [0.15, 0.2) is 0 Å². The Balaban J connectivity index is 1.35. The summed E-state index contributed by atoms with van der Waals surface area (Å²) in [6.45, 7) is 0. The molecule has 0 aliphatic carbocycles. The molecule has 0 bridgehead atoms. The van der Waals surface area contributed by atoms with Crippen LogP contribution in [0.15, 0.2) is 30.3 Å². The highest BCUT2D eigenvalue weighted by atomic mass is 32.2. The number of nitrogens with two attached hydrogens (primary N) is 1. The van der Waals surface area contributed by atoms with E-state index >= 15 is 0 Å². The first-order chi connectivity index (χ1) is 12.7. The fourth-order valence-electron chi connectivity index (χ4n) is 2.30. The zero-order valence-corrected chi connectivity index (χ0v) is 16.6. The van der Waals surface area contributed by atoms with Crippen molar-refractivity contribution >= 4 is 45.4 Å². The van der Waals surface area contributed by atoms with Crippen molar-refractivity contribution in [2.75, 3.05) is 17.2 Å². The molecule has 2 aromatic heterocycles. The lowest BCUT2D eigenvalue weighted by molar-refractivity contribution is -0.117. The third-order valence-corrected chi connectivity index (χ3v) is 6.29. The number of nitrogen functional groups attached to an aromatic ring is 1. The van der Waals surface area contributed by atoms with Gasteiger partial charge in [-0.2, -0.15) is 11.8 Å². The maximum atomic E-state index is 12.1. The number of thioether (sulfide) groups is 1. The van der Waals surface area contributed by atoms with Gasteiger partial charge in [0, 0.05) is 19.3 Å². The normalized spacial score (nSPS) is 10.9. The van der Waals surface area contributed by atoms with Crippen LogP contribution in [0, 0.1) is 0 Å². The molecule has 9 heteroatoms. The van der Waals surface area contributed by atoms with Gasteiger partial charge in [0.05, 0.1) is 6.42 Å². The Morgan fingerprint density at radius 3 is 2.23 bits per heavy atom. The quantitative estimate of drug-likeness (QED) is 0.518. The van der Waals surface area contributed by atoms with Gasteiger partial charge in [-0.15, -0.1) is 31.7 Å². The lowest BCUT2D eigenvalue weighted by Gasteiger charge is -1.98. The summed E-state index contributed by atoms with van der Waals surface area (Å²) >= 11 is 4.83. The fourth-order valence-corrected chi connectivity index (χ4v) is 4.92. The predicted molar refractivity (Wildman–Crippen MR) is 108 cm³/mol. The highest BCUT2D eigenvalue weighted by Crippen LogP contribution is 2.17. The summed E-state index contributed by atoms with van der Waals surface area (Å²) in [5.41, 5.74) is 6.60. The highest BCUT2D eigenvalue weighted by Gasteiger charge is 2.10. The molecule has 0 radical (unpaired) electrons. The van der Waals surface area contributed by atoms with Gasteiger partial charge < -0.3 is 5.73 Å². The summed E-state index contributed by atoms with van der Waals surface area (Å²) in [4.78, 5) is 12.1. The molecule has 0 aliphatic heterocycles. The van der Waals surface area contributed by atoms with E-state index in [9.17, 15) is 4.79 Å². The molecule has 3 rings (SSSR count). The molecule has 1 aromatic carbocycles. The van der Waals surface area contributed by atoms with E-state index in [4.69, 9.17) is 5.73 Å². The van der Waals surface area contributed by atoms with Crippen LogP contribution in [0.3, 0.4) is 0 Å². The average Bonchev–Trinajstić information content (AvgIpc) is 3.24. The predicted octanol–water partition coefficient (Wildman–Crippen LogP) is 2.84. The SMILES string of the molecule is Nc1nnc(CCSCCc2nnc(CC(=O)Cc3ccccc3)s2)s1.